The van der Waals surface area contributed by atoms with Gasteiger partial charge in [-0.25, -0.2) is 9.59 Å². The number of rotatable bonds is 22. The van der Waals surface area contributed by atoms with Gasteiger partial charge in [0.15, 0.2) is 30.7 Å². The SMILES string of the molecule is CC(=O)OC1CC[C@@H]([C@@H](C)NC(=O)OCc2ccccc2)OC1OC(C)=O.CC(=O)O[C@@H]1[C@@H](OC(C)=O)[C@H](N=[N+]=[N-])C[C@H](N=[N+]=[N-])[C@H]1O[C@H]1O[C@H]([C@@H](C)NC(=O)OCc2ccccc2)CC[C@H]1OC(C)=O.CC(=O)O[C@@H]1[C@@H](OC(C)=O)[C@H](O)[C@@H](N=[N+]=[N-])C[C@H]1N=[N+]=[N-].CCO.CC[B]F.FF. The van der Waals surface area contributed by atoms with Gasteiger partial charge >= 0.3 is 61.5 Å². The van der Waals surface area contributed by atoms with E-state index in [9.17, 15) is 58.1 Å². The van der Waals surface area contributed by atoms with Crippen LogP contribution in [-0.4, -0.2) is 188 Å². The van der Waals surface area contributed by atoms with Crippen molar-refractivity contribution in [2.45, 2.75) is 244 Å². The molecule has 2 heterocycles. The van der Waals surface area contributed by atoms with Crippen molar-refractivity contribution < 1.29 is 124 Å². The first-order valence-electron chi connectivity index (χ1n) is 31.2. The highest BCUT2D eigenvalue weighted by molar-refractivity contribution is 6.25. The number of aliphatic hydroxyl groups excluding tert-OH is 2. The Morgan fingerprint density at radius 3 is 1.20 bits per heavy atom. The standard InChI is InChI=1S/C27H35N7O10.C19H25NO7.C10H14N6O5.C2H5BF.C2H6O.F2/c1-14(30-27(38)39-13-18-8-6-5-7-9-18)21-10-11-22(40-15(2)35)26(43-21)44-24-20(32-34-29)12-19(31-33-28)23(41-16(3)36)25(24)42-17(4)37;1-12(20-19(23)24-11-15-7-5-4-6-8-15)16-9-10-17(25-13(2)21)18(27-16)26-14(3)22;1-4(17)20-9-7(14-16-12)3-6(13-15-11)8(19)10(9)21-5(2)18;1-2-3-4;1-2-3;1-2/h5-9,14,19-26H,10-13H2,1-4H3,(H,30,38);4-8,12,16-18H,9-11H2,1-3H3,(H,20,23);6-10,19H,3H2,1-2H3;2H2,1H3;3H,2H2,1H3;/t14-,19-,20+,21+,22-,23+,24-,25-,26-;12-,16+,17?,18?;6-,7+,8+,9-,10-;;;/m110.../s1. The molecule has 4 fully saturated rings. The van der Waals surface area contributed by atoms with E-state index in [2.05, 4.69) is 50.7 Å². The molecule has 1 radical (unpaired) electrons. The number of halogens is 3. The Hall–Kier alpha value is -9.84. The van der Waals surface area contributed by atoms with Crippen molar-refractivity contribution in [3.63, 3.8) is 0 Å². The van der Waals surface area contributed by atoms with Gasteiger partial charge in [0.25, 0.3) is 0 Å². The molecule has 6 rings (SSSR count). The number of ether oxygens (including phenoxy) is 12. The molecule has 4 aliphatic rings. The van der Waals surface area contributed by atoms with E-state index in [1.807, 2.05) is 60.7 Å². The Morgan fingerprint density at radius 2 is 0.832 bits per heavy atom. The fraction of sp³-hybridized carbons (Fsp3) is 0.650. The van der Waals surface area contributed by atoms with Crippen LogP contribution in [0.25, 0.3) is 41.8 Å². The highest BCUT2D eigenvalue weighted by atomic mass is 20.0. The highest BCUT2D eigenvalue weighted by Crippen LogP contribution is 2.36. The number of carbonyl (C=O) groups is 9. The van der Waals surface area contributed by atoms with Crippen molar-refractivity contribution in [3.8, 4) is 0 Å². The minimum absolute atomic E-state index is 0.0367. The van der Waals surface area contributed by atoms with E-state index in [0.29, 0.717) is 33.1 Å². The van der Waals surface area contributed by atoms with Crippen LogP contribution in [0.4, 0.5) is 23.1 Å². The van der Waals surface area contributed by atoms with Gasteiger partial charge in [-0.1, -0.05) is 88.0 Å². The van der Waals surface area contributed by atoms with Crippen molar-refractivity contribution >= 4 is 61.5 Å². The quantitative estimate of drug-likeness (QED) is 0.0213. The molecule has 2 saturated heterocycles. The first kappa shape index (κ1) is 89.2. The lowest BCUT2D eigenvalue weighted by Gasteiger charge is -2.45. The van der Waals surface area contributed by atoms with Gasteiger partial charge in [0, 0.05) is 83.9 Å². The zero-order chi connectivity index (χ0) is 76.1. The van der Waals surface area contributed by atoms with Crippen molar-refractivity contribution in [2.24, 2.45) is 20.5 Å². The van der Waals surface area contributed by atoms with E-state index in [1.165, 1.54) is 20.8 Å². The zero-order valence-corrected chi connectivity index (χ0v) is 57.3. The molecule has 37 nitrogen and oxygen atoms in total. The first-order chi connectivity index (χ1) is 48.1. The van der Waals surface area contributed by atoms with Crippen LogP contribution in [0.5, 0.6) is 0 Å². The summed E-state index contributed by atoms with van der Waals surface area (Å²) in [5.74, 6) is -4.59. The molecule has 2 unspecified atom stereocenters. The average molecular weight is 1440 g/mol. The molecular weight excluding hydrogens is 1350 g/mol. The number of azide groups is 4. The van der Waals surface area contributed by atoms with E-state index in [-0.39, 0.29) is 45.1 Å². The zero-order valence-electron chi connectivity index (χ0n) is 57.3. The van der Waals surface area contributed by atoms with Gasteiger partial charge in [-0.3, -0.25) is 33.6 Å². The molecule has 18 atom stereocenters. The molecule has 41 heteroatoms. The number of esters is 7. The Bertz CT molecular complexity index is 3120. The van der Waals surface area contributed by atoms with E-state index in [0.717, 1.165) is 38.8 Å². The Kier molecular flexibility index (Phi) is 43.8. The average Bonchev–Trinajstić information content (AvgIpc) is 0.788. The number of hydrogen-bond acceptors (Lipinski definition) is 27. The second-order valence-electron chi connectivity index (χ2n) is 22.0. The summed E-state index contributed by atoms with van der Waals surface area (Å²) >= 11 is 0. The van der Waals surface area contributed by atoms with Crippen molar-refractivity contribution in [2.75, 3.05) is 6.61 Å². The minimum atomic E-state index is -1.40. The predicted octanol–water partition coefficient (Wildman–Crippen LogP) is 8.87. The fourth-order valence-corrected chi connectivity index (χ4v) is 10.1. The van der Waals surface area contributed by atoms with Crippen LogP contribution in [-0.2, 0) is 104 Å². The van der Waals surface area contributed by atoms with Gasteiger partial charge < -0.3 is 82.0 Å². The van der Waals surface area contributed by atoms with Crippen LogP contribution in [0.2, 0.25) is 6.32 Å². The molecule has 4 N–H and O–H groups in total. The number of alkyl carbamates (subject to hydrolysis) is 2. The van der Waals surface area contributed by atoms with Crippen LogP contribution >= 0.6 is 0 Å². The number of nitrogens with one attached hydrogen (secondary N) is 2. The Morgan fingerprint density at radius 1 is 0.515 bits per heavy atom. The van der Waals surface area contributed by atoms with E-state index in [4.69, 9.17) is 87.7 Å². The van der Waals surface area contributed by atoms with Crippen LogP contribution in [0, 0.1) is 0 Å². The maximum atomic E-state index is 12.5. The number of nitrogens with zero attached hydrogens (tertiary/aromatic N) is 12. The number of hydrogen-bond donors (Lipinski definition) is 4. The molecule has 2 aromatic carbocycles. The molecule has 557 valence electrons. The molecule has 0 bridgehead atoms. The van der Waals surface area contributed by atoms with E-state index in [1.54, 1.807) is 27.7 Å². The topological polar surface area (TPSA) is 524 Å². The summed E-state index contributed by atoms with van der Waals surface area (Å²) in [5, 5.41) is 37.4. The summed E-state index contributed by atoms with van der Waals surface area (Å²) in [5.41, 5.74) is 37.1. The molecular formula is C60H85BF3N14O23. The van der Waals surface area contributed by atoms with Crippen molar-refractivity contribution in [1.29, 1.82) is 0 Å². The summed E-state index contributed by atoms with van der Waals surface area (Å²) in [6.45, 7) is 15.6. The van der Waals surface area contributed by atoms with Gasteiger partial charge in [0.1, 0.15) is 37.6 Å². The van der Waals surface area contributed by atoms with Crippen LogP contribution in [0.15, 0.2) is 81.1 Å². The normalized spacial score (nSPS) is 25.6. The lowest BCUT2D eigenvalue weighted by atomic mass is 9.84. The number of amides is 2. The number of carbonyl (C=O) groups excluding carboxylic acids is 9. The predicted molar refractivity (Wildman–Crippen MR) is 343 cm³/mol. The molecule has 2 saturated carbocycles. The summed E-state index contributed by atoms with van der Waals surface area (Å²) in [6.07, 6.45) is -12.1. The maximum absolute atomic E-state index is 12.5. The van der Waals surface area contributed by atoms with Crippen molar-refractivity contribution in [1.82, 2.24) is 10.6 Å². The van der Waals surface area contributed by atoms with Gasteiger partial charge in [-0.2, -0.15) is 0 Å². The largest absolute Gasteiger partial charge is 0.458 e. The van der Waals surface area contributed by atoms with Crippen LogP contribution in [0.3, 0.4) is 0 Å². The lowest BCUT2D eigenvalue weighted by Crippen LogP contribution is -2.61. The smallest absolute Gasteiger partial charge is 0.407 e. The lowest BCUT2D eigenvalue weighted by molar-refractivity contribution is -0.287. The second-order valence-corrected chi connectivity index (χ2v) is 22.0. The fourth-order valence-electron chi connectivity index (χ4n) is 10.1. The molecule has 2 aliphatic heterocycles. The summed E-state index contributed by atoms with van der Waals surface area (Å²) in [7, 11) is 0.625. The van der Waals surface area contributed by atoms with E-state index < -0.39 is 158 Å². The van der Waals surface area contributed by atoms with Gasteiger partial charge in [-0.05, 0) is 98.9 Å². The van der Waals surface area contributed by atoms with Crippen LogP contribution in [0.1, 0.15) is 126 Å². The molecule has 2 amide bonds. The van der Waals surface area contributed by atoms with Gasteiger partial charge in [0.05, 0.1) is 48.5 Å². The maximum Gasteiger partial charge on any atom is 0.407 e. The third kappa shape index (κ3) is 34.2. The Balaban J connectivity index is 0.000000762. The van der Waals surface area contributed by atoms with E-state index >= 15 is 0 Å². The summed E-state index contributed by atoms with van der Waals surface area (Å²) in [6, 6.07) is 13.4. The molecule has 0 aromatic heterocycles. The third-order valence-electron chi connectivity index (χ3n) is 14.1. The Labute approximate surface area is 578 Å². The number of benzene rings is 2. The third-order valence-corrected chi connectivity index (χ3v) is 14.1. The second kappa shape index (κ2) is 49.6. The molecule has 2 aliphatic carbocycles. The van der Waals surface area contributed by atoms with Crippen molar-refractivity contribution in [3.05, 3.63) is 114 Å². The van der Waals surface area contributed by atoms with Crippen LogP contribution < -0.4 is 10.6 Å². The monoisotopic (exact) mass is 1440 g/mol. The van der Waals surface area contributed by atoms with Gasteiger partial charge in [-0.15, -0.1) is 0 Å². The summed E-state index contributed by atoms with van der Waals surface area (Å²) in [4.78, 5) is 116. The molecule has 2 aromatic rings. The number of aliphatic hydroxyl groups is 2. The highest BCUT2D eigenvalue weighted by Gasteiger charge is 2.52. The molecule has 101 heavy (non-hydrogen) atoms. The summed E-state index contributed by atoms with van der Waals surface area (Å²) < 4.78 is 91.7. The first-order valence-corrected chi connectivity index (χ1v) is 31.2. The van der Waals surface area contributed by atoms with Gasteiger partial charge in [0.2, 0.25) is 6.29 Å². The minimum Gasteiger partial charge on any atom is -0.458 e. The molecule has 0 spiro atoms.